The maximum Gasteiger partial charge on any atom is 0.313 e. The molecule has 2 aromatic heterocycles. The lowest BCUT2D eigenvalue weighted by atomic mass is 10.4. The summed E-state index contributed by atoms with van der Waals surface area (Å²) in [6.07, 6.45) is 2.54. The van der Waals surface area contributed by atoms with E-state index in [4.69, 9.17) is 15.6 Å². The molecule has 0 aromatic carbocycles. The van der Waals surface area contributed by atoms with Gasteiger partial charge in [-0.25, -0.2) is 4.57 Å². The van der Waals surface area contributed by atoms with Crippen LogP contribution in [0, 0.1) is 0 Å². The number of hydrogen-bond donors (Lipinski definition) is 2. The normalized spacial score (nSPS) is 10.8. The molecule has 0 aliphatic carbocycles. The van der Waals surface area contributed by atoms with Crippen LogP contribution < -0.4 is 28.3 Å². The summed E-state index contributed by atoms with van der Waals surface area (Å²) in [5.74, 6) is 0.200. The molecule has 0 atom stereocenters. The van der Waals surface area contributed by atoms with Crippen LogP contribution in [-0.4, -0.2) is 32.4 Å². The topological polar surface area (TPSA) is 99.2 Å². The van der Waals surface area contributed by atoms with Gasteiger partial charge in [-0.05, 0) is 6.42 Å². The van der Waals surface area contributed by atoms with E-state index in [1.165, 1.54) is 4.57 Å². The van der Waals surface area contributed by atoms with Crippen molar-refractivity contribution in [3.63, 3.8) is 0 Å². The van der Waals surface area contributed by atoms with E-state index in [1.807, 2.05) is 6.92 Å². The van der Waals surface area contributed by atoms with Crippen molar-refractivity contribution in [3.05, 3.63) is 16.7 Å². The van der Waals surface area contributed by atoms with Crippen LogP contribution in [-0.2, 0) is 25.1 Å². The highest BCUT2D eigenvalue weighted by molar-refractivity contribution is 5.67. The van der Waals surface area contributed by atoms with Crippen molar-refractivity contribution in [1.29, 1.82) is 0 Å². The molecule has 0 unspecified atom stereocenters. The second-order valence-electron chi connectivity index (χ2n) is 4.56. The molecule has 0 spiro atoms. The fraction of sp³-hybridized carbons (Fsp3) is 0.583. The third-order valence-corrected chi connectivity index (χ3v) is 3.01. The van der Waals surface area contributed by atoms with Crippen LogP contribution in [0.4, 0.5) is 5.95 Å². The molecule has 0 saturated heterocycles. The fourth-order valence-electron chi connectivity index (χ4n) is 2.14. The van der Waals surface area contributed by atoms with Gasteiger partial charge in [0.1, 0.15) is 0 Å². The number of fused-ring (bicyclic) bond motifs is 1. The number of ether oxygens (including phenoxy) is 1. The molecule has 9 heteroatoms. The van der Waals surface area contributed by atoms with E-state index in [0.29, 0.717) is 17.7 Å². The van der Waals surface area contributed by atoms with Gasteiger partial charge in [0.25, 0.3) is 5.95 Å². The number of nitrogens with two attached hydrogens (primary N) is 1. The highest BCUT2D eigenvalue weighted by Crippen LogP contribution is 2.06. The summed E-state index contributed by atoms with van der Waals surface area (Å²) in [6.45, 7) is 2.90. The van der Waals surface area contributed by atoms with Gasteiger partial charge in [0.05, 0.1) is 20.3 Å². The van der Waals surface area contributed by atoms with Gasteiger partial charge in [-0.15, -0.1) is 0 Å². The standard InChI is InChI=1S/C12H19N5O3.ClH/c1-3-4-17-11(19)9-10(14-12(17)13)16(7-15(9)2)8-20-6-5-18;/h7,18H,3-6,8H2,1-2H3,(H-,13,14,19);1H. The molecule has 0 radical (unpaired) electrons. The molecule has 3 N–H and O–H groups in total. The van der Waals surface area contributed by atoms with E-state index in [-0.39, 0.29) is 43.9 Å². The molecule has 0 saturated carbocycles. The predicted octanol–water partition coefficient (Wildman–Crippen LogP) is -4.01. The second-order valence-corrected chi connectivity index (χ2v) is 4.56. The summed E-state index contributed by atoms with van der Waals surface area (Å²) >= 11 is 0. The largest absolute Gasteiger partial charge is 1.00 e. The number of halogens is 1. The molecule has 118 valence electrons. The molecule has 0 aliphatic rings. The first-order valence-corrected chi connectivity index (χ1v) is 6.53. The summed E-state index contributed by atoms with van der Waals surface area (Å²) in [7, 11) is 1.78. The number of anilines is 1. The average molecular weight is 318 g/mol. The fourth-order valence-corrected chi connectivity index (χ4v) is 2.14. The molecule has 2 aromatic rings. The minimum atomic E-state index is -0.155. The van der Waals surface area contributed by atoms with Crippen molar-refractivity contribution >= 4 is 17.1 Å². The van der Waals surface area contributed by atoms with Gasteiger partial charge in [0.2, 0.25) is 5.52 Å². The number of nitrogen functional groups attached to an aromatic ring is 1. The molecule has 2 heterocycles. The first-order valence-electron chi connectivity index (χ1n) is 6.53. The number of nitrogens with zero attached hydrogens (tertiary/aromatic N) is 4. The van der Waals surface area contributed by atoms with Gasteiger partial charge in [0.15, 0.2) is 13.1 Å². The second kappa shape index (κ2) is 7.39. The van der Waals surface area contributed by atoms with Crippen molar-refractivity contribution in [1.82, 2.24) is 14.1 Å². The monoisotopic (exact) mass is 317 g/mol. The molecule has 0 aliphatic heterocycles. The Morgan fingerprint density at radius 3 is 2.86 bits per heavy atom. The number of aliphatic hydroxyl groups is 1. The molecule has 2 rings (SSSR count). The molecule has 8 nitrogen and oxygen atoms in total. The van der Waals surface area contributed by atoms with E-state index < -0.39 is 0 Å². The summed E-state index contributed by atoms with van der Waals surface area (Å²) in [5, 5.41) is 8.72. The number of imidazole rings is 1. The highest BCUT2D eigenvalue weighted by atomic mass is 35.5. The Morgan fingerprint density at radius 2 is 2.24 bits per heavy atom. The minimum Gasteiger partial charge on any atom is -1.00 e. The first kappa shape index (κ1) is 17.4. The number of hydrogen-bond acceptors (Lipinski definition) is 5. The van der Waals surface area contributed by atoms with E-state index in [1.54, 1.807) is 22.5 Å². The summed E-state index contributed by atoms with van der Waals surface area (Å²) in [5.41, 5.74) is 6.67. The predicted molar refractivity (Wildman–Crippen MR) is 72.9 cm³/mol. The molecule has 0 bridgehead atoms. The Kier molecular flexibility index (Phi) is 6.13. The third-order valence-electron chi connectivity index (χ3n) is 3.01. The van der Waals surface area contributed by atoms with E-state index in [2.05, 4.69) is 4.98 Å². The Hall–Kier alpha value is -1.64. The van der Waals surface area contributed by atoms with Gasteiger partial charge in [0, 0.05) is 6.54 Å². The lowest BCUT2D eigenvalue weighted by Crippen LogP contribution is -3.00. The van der Waals surface area contributed by atoms with Crippen molar-refractivity contribution < 1.29 is 26.8 Å². The molecular weight excluding hydrogens is 298 g/mol. The Balaban J connectivity index is 0.00000220. The van der Waals surface area contributed by atoms with Crippen molar-refractivity contribution in [3.8, 4) is 0 Å². The maximum absolute atomic E-state index is 12.4. The zero-order chi connectivity index (χ0) is 14.7. The van der Waals surface area contributed by atoms with Gasteiger partial charge >= 0.3 is 11.2 Å². The van der Waals surface area contributed by atoms with E-state index in [9.17, 15) is 4.79 Å². The van der Waals surface area contributed by atoms with Gasteiger partial charge in [-0.2, -0.15) is 0 Å². The van der Waals surface area contributed by atoms with Crippen molar-refractivity contribution in [2.45, 2.75) is 26.6 Å². The maximum atomic E-state index is 12.4. The zero-order valence-electron chi connectivity index (χ0n) is 12.1. The Labute approximate surface area is 128 Å². The Morgan fingerprint density at radius 1 is 1.52 bits per heavy atom. The number of rotatable bonds is 6. The minimum absolute atomic E-state index is 0. The van der Waals surface area contributed by atoms with Crippen LogP contribution in [0.1, 0.15) is 13.3 Å². The van der Waals surface area contributed by atoms with Crippen molar-refractivity contribution in [2.24, 2.45) is 7.05 Å². The summed E-state index contributed by atoms with van der Waals surface area (Å²) in [4.78, 5) is 16.7. The van der Waals surface area contributed by atoms with Crippen LogP contribution in [0.3, 0.4) is 0 Å². The highest BCUT2D eigenvalue weighted by Gasteiger charge is 2.22. The van der Waals surface area contributed by atoms with Crippen LogP contribution in [0.2, 0.25) is 0 Å². The van der Waals surface area contributed by atoms with Crippen LogP contribution in [0.5, 0.6) is 0 Å². The molecule has 21 heavy (non-hydrogen) atoms. The first-order chi connectivity index (χ1) is 9.60. The van der Waals surface area contributed by atoms with E-state index in [0.717, 1.165) is 6.42 Å². The van der Waals surface area contributed by atoms with Gasteiger partial charge < -0.3 is 28.0 Å². The van der Waals surface area contributed by atoms with Crippen LogP contribution in [0.15, 0.2) is 11.1 Å². The zero-order valence-corrected chi connectivity index (χ0v) is 12.9. The number of aryl methyl sites for hydroxylation is 1. The average Bonchev–Trinajstić information content (AvgIpc) is 2.71. The molecular formula is C12H20ClN5O3. The summed E-state index contributed by atoms with van der Waals surface area (Å²) in [6, 6.07) is 0. The van der Waals surface area contributed by atoms with Crippen LogP contribution in [0.25, 0.3) is 11.2 Å². The van der Waals surface area contributed by atoms with E-state index >= 15 is 0 Å². The summed E-state index contributed by atoms with van der Waals surface area (Å²) < 4.78 is 10.1. The Bertz CT molecular complexity index is 667. The number of aliphatic hydroxyl groups excluding tert-OH is 1. The van der Waals surface area contributed by atoms with Crippen LogP contribution >= 0.6 is 0 Å². The quantitative estimate of drug-likeness (QED) is 0.418. The molecule has 0 amide bonds. The smallest absolute Gasteiger partial charge is 0.313 e. The lowest BCUT2D eigenvalue weighted by molar-refractivity contribution is -0.711. The number of aromatic nitrogens is 4. The third kappa shape index (κ3) is 3.34. The molecule has 0 fully saturated rings. The lowest BCUT2D eigenvalue weighted by Gasteiger charge is -2.04. The van der Waals surface area contributed by atoms with Gasteiger partial charge in [-0.1, -0.05) is 11.9 Å². The van der Waals surface area contributed by atoms with Crippen molar-refractivity contribution in [2.75, 3.05) is 18.9 Å². The SMILES string of the molecule is CCCn1c(N)nc2c(c1=O)n(C)c[n+]2COCCO.[Cl-]. The van der Waals surface area contributed by atoms with Gasteiger partial charge in [-0.3, -0.25) is 13.9 Å².